The number of anilines is 1. The van der Waals surface area contributed by atoms with Gasteiger partial charge < -0.3 is 14.4 Å². The van der Waals surface area contributed by atoms with Crippen molar-refractivity contribution in [1.29, 1.82) is 5.26 Å². The highest BCUT2D eigenvalue weighted by Crippen LogP contribution is 2.15. The lowest BCUT2D eigenvalue weighted by atomic mass is 10.1. The third kappa shape index (κ3) is 5.70. The van der Waals surface area contributed by atoms with E-state index in [2.05, 4.69) is 0 Å². The van der Waals surface area contributed by atoms with Gasteiger partial charge >= 0.3 is 5.97 Å². The van der Waals surface area contributed by atoms with Crippen LogP contribution in [0.5, 0.6) is 5.75 Å². The third-order valence-corrected chi connectivity index (χ3v) is 3.39. The van der Waals surface area contributed by atoms with Crippen LogP contribution in [0.4, 0.5) is 5.69 Å². The number of rotatable bonds is 7. The standard InChI is InChI=1S/C20H20N2O3/c1-22(2)18-10-8-16(9-11-18)14-17(15-21)20(23)25-13-12-24-19-6-4-3-5-7-19/h3-11,14H,12-13H2,1-2H3/b17-14+. The topological polar surface area (TPSA) is 62.6 Å². The van der Waals surface area contributed by atoms with Gasteiger partial charge in [0.25, 0.3) is 0 Å². The molecule has 5 nitrogen and oxygen atoms in total. The van der Waals surface area contributed by atoms with Crippen LogP contribution in [0.15, 0.2) is 60.2 Å². The fraction of sp³-hybridized carbons (Fsp3) is 0.200. The van der Waals surface area contributed by atoms with E-state index in [0.717, 1.165) is 11.3 Å². The van der Waals surface area contributed by atoms with Crippen LogP contribution in [0.2, 0.25) is 0 Å². The summed E-state index contributed by atoms with van der Waals surface area (Å²) in [5.41, 5.74) is 1.76. The van der Waals surface area contributed by atoms with E-state index in [9.17, 15) is 10.1 Å². The normalized spacial score (nSPS) is 10.7. The molecule has 128 valence electrons. The summed E-state index contributed by atoms with van der Waals surface area (Å²) < 4.78 is 10.5. The summed E-state index contributed by atoms with van der Waals surface area (Å²) in [6.07, 6.45) is 1.51. The number of para-hydroxylation sites is 1. The van der Waals surface area contributed by atoms with E-state index in [0.29, 0.717) is 5.75 Å². The molecule has 0 saturated carbocycles. The molecule has 0 aliphatic rings. The smallest absolute Gasteiger partial charge is 0.349 e. The fourth-order valence-electron chi connectivity index (χ4n) is 2.06. The molecule has 0 bridgehead atoms. The van der Waals surface area contributed by atoms with Crippen molar-refractivity contribution in [3.63, 3.8) is 0 Å². The number of nitrogens with zero attached hydrogens (tertiary/aromatic N) is 2. The Morgan fingerprint density at radius 2 is 1.76 bits per heavy atom. The van der Waals surface area contributed by atoms with E-state index >= 15 is 0 Å². The number of benzene rings is 2. The van der Waals surface area contributed by atoms with Crippen molar-refractivity contribution in [2.45, 2.75) is 0 Å². The summed E-state index contributed by atoms with van der Waals surface area (Å²) in [5.74, 6) is 0.0476. The maximum Gasteiger partial charge on any atom is 0.349 e. The lowest BCUT2D eigenvalue weighted by molar-refractivity contribution is -0.139. The first kappa shape index (κ1) is 18.1. The van der Waals surface area contributed by atoms with Crippen LogP contribution in [0.25, 0.3) is 6.08 Å². The molecule has 0 amide bonds. The number of esters is 1. The van der Waals surface area contributed by atoms with Crippen LogP contribution < -0.4 is 9.64 Å². The minimum Gasteiger partial charge on any atom is -0.490 e. The maximum absolute atomic E-state index is 12.0. The van der Waals surface area contributed by atoms with Gasteiger partial charge in [0, 0.05) is 19.8 Å². The number of nitriles is 1. The van der Waals surface area contributed by atoms with E-state index in [1.165, 1.54) is 6.08 Å². The first-order valence-electron chi connectivity index (χ1n) is 7.84. The van der Waals surface area contributed by atoms with Crippen molar-refractivity contribution >= 4 is 17.7 Å². The van der Waals surface area contributed by atoms with Gasteiger partial charge in [-0.1, -0.05) is 30.3 Å². The van der Waals surface area contributed by atoms with Crippen molar-refractivity contribution in [2.24, 2.45) is 0 Å². The lowest BCUT2D eigenvalue weighted by Gasteiger charge is -2.11. The van der Waals surface area contributed by atoms with Crippen LogP contribution >= 0.6 is 0 Å². The van der Waals surface area contributed by atoms with Gasteiger partial charge in [0.2, 0.25) is 0 Å². The van der Waals surface area contributed by atoms with Crippen LogP contribution in [0, 0.1) is 11.3 Å². The zero-order chi connectivity index (χ0) is 18.1. The molecule has 0 aliphatic heterocycles. The molecule has 0 aliphatic carbocycles. The molecule has 2 aromatic carbocycles. The number of carbonyl (C=O) groups is 1. The van der Waals surface area contributed by atoms with Gasteiger partial charge in [-0.05, 0) is 35.9 Å². The molecule has 0 saturated heterocycles. The van der Waals surface area contributed by atoms with E-state index in [1.54, 1.807) is 0 Å². The van der Waals surface area contributed by atoms with Crippen molar-refractivity contribution in [3.8, 4) is 11.8 Å². The predicted molar refractivity (Wildman–Crippen MR) is 97.3 cm³/mol. The Balaban J connectivity index is 1.88. The van der Waals surface area contributed by atoms with Gasteiger partial charge in [0.15, 0.2) is 0 Å². The predicted octanol–water partition coefficient (Wildman–Crippen LogP) is 3.28. The molecule has 2 rings (SSSR count). The summed E-state index contributed by atoms with van der Waals surface area (Å²) in [5, 5.41) is 9.18. The third-order valence-electron chi connectivity index (χ3n) is 3.39. The highest BCUT2D eigenvalue weighted by atomic mass is 16.6. The molecule has 0 spiro atoms. The molecule has 0 aromatic heterocycles. The van der Waals surface area contributed by atoms with Crippen LogP contribution in [-0.4, -0.2) is 33.3 Å². The molecule has 5 heteroatoms. The monoisotopic (exact) mass is 336 g/mol. The van der Waals surface area contributed by atoms with E-state index in [4.69, 9.17) is 9.47 Å². The average Bonchev–Trinajstić information content (AvgIpc) is 2.64. The number of hydrogen-bond donors (Lipinski definition) is 0. The van der Waals surface area contributed by atoms with Gasteiger partial charge in [-0.15, -0.1) is 0 Å². The van der Waals surface area contributed by atoms with Crippen molar-refractivity contribution in [1.82, 2.24) is 0 Å². The fourth-order valence-corrected chi connectivity index (χ4v) is 2.06. The van der Waals surface area contributed by atoms with Crippen molar-refractivity contribution < 1.29 is 14.3 Å². The first-order valence-corrected chi connectivity index (χ1v) is 7.84. The summed E-state index contributed by atoms with van der Waals surface area (Å²) in [6, 6.07) is 18.7. The highest BCUT2D eigenvalue weighted by Gasteiger charge is 2.10. The summed E-state index contributed by atoms with van der Waals surface area (Å²) in [7, 11) is 3.89. The van der Waals surface area contributed by atoms with E-state index in [1.807, 2.05) is 79.7 Å². The van der Waals surface area contributed by atoms with Gasteiger partial charge in [-0.3, -0.25) is 0 Å². The van der Waals surface area contributed by atoms with Crippen LogP contribution in [0.1, 0.15) is 5.56 Å². The Morgan fingerprint density at radius 3 is 2.36 bits per heavy atom. The zero-order valence-electron chi connectivity index (χ0n) is 14.3. The molecule has 0 N–H and O–H groups in total. The minimum atomic E-state index is -0.657. The molecule has 0 radical (unpaired) electrons. The first-order chi connectivity index (χ1) is 12.1. The molecule has 0 heterocycles. The maximum atomic E-state index is 12.0. The Labute approximate surface area is 147 Å². The minimum absolute atomic E-state index is 0.0442. The molecular weight excluding hydrogens is 316 g/mol. The quantitative estimate of drug-likeness (QED) is 0.336. The number of ether oxygens (including phenoxy) is 2. The van der Waals surface area contributed by atoms with Gasteiger partial charge in [0.05, 0.1) is 0 Å². The largest absolute Gasteiger partial charge is 0.490 e. The van der Waals surface area contributed by atoms with Gasteiger partial charge in [-0.25, -0.2) is 4.79 Å². The second-order valence-corrected chi connectivity index (χ2v) is 5.45. The molecular formula is C20H20N2O3. The highest BCUT2D eigenvalue weighted by molar-refractivity contribution is 5.97. The van der Waals surface area contributed by atoms with Crippen molar-refractivity contribution in [2.75, 3.05) is 32.2 Å². The lowest BCUT2D eigenvalue weighted by Crippen LogP contribution is -2.13. The van der Waals surface area contributed by atoms with Gasteiger partial charge in [-0.2, -0.15) is 5.26 Å². The SMILES string of the molecule is CN(C)c1ccc(/C=C(\C#N)C(=O)OCCOc2ccccc2)cc1. The molecule has 0 fully saturated rings. The Kier molecular flexibility index (Phi) is 6.61. The second-order valence-electron chi connectivity index (χ2n) is 5.45. The number of carbonyl (C=O) groups excluding carboxylic acids is 1. The van der Waals surface area contributed by atoms with Crippen molar-refractivity contribution in [3.05, 3.63) is 65.7 Å². The van der Waals surface area contributed by atoms with E-state index < -0.39 is 5.97 Å². The molecule has 0 atom stereocenters. The second kappa shape index (κ2) is 9.14. The number of hydrogen-bond acceptors (Lipinski definition) is 5. The van der Waals surface area contributed by atoms with Crippen LogP contribution in [-0.2, 0) is 9.53 Å². The molecule has 0 unspecified atom stereocenters. The summed E-state index contributed by atoms with van der Waals surface area (Å²) in [4.78, 5) is 14.0. The van der Waals surface area contributed by atoms with Crippen LogP contribution in [0.3, 0.4) is 0 Å². The Morgan fingerprint density at radius 1 is 1.08 bits per heavy atom. The summed E-state index contributed by atoms with van der Waals surface area (Å²) in [6.45, 7) is 0.304. The van der Waals surface area contributed by atoms with E-state index in [-0.39, 0.29) is 18.8 Å². The molecule has 2 aromatic rings. The Bertz CT molecular complexity index is 760. The zero-order valence-corrected chi connectivity index (χ0v) is 14.3. The summed E-state index contributed by atoms with van der Waals surface area (Å²) >= 11 is 0. The molecule has 25 heavy (non-hydrogen) atoms. The van der Waals surface area contributed by atoms with Gasteiger partial charge in [0.1, 0.15) is 30.6 Å². The Hall–Kier alpha value is -3.26. The average molecular weight is 336 g/mol.